The summed E-state index contributed by atoms with van der Waals surface area (Å²) in [6.45, 7) is -1.62. The molecule has 1 aromatic heterocycles. The molecule has 1 rings (SSSR count). The fraction of sp³-hybridized carbons (Fsp3) is 0.417. The van der Waals surface area contributed by atoms with Crippen molar-refractivity contribution in [3.8, 4) is 11.8 Å². The molecule has 0 bridgehead atoms. The predicted octanol–water partition coefficient (Wildman–Crippen LogP) is 0.792. The maximum Gasteiger partial charge on any atom is 0.265 e. The van der Waals surface area contributed by atoms with Crippen LogP contribution in [0.3, 0.4) is 0 Å². The zero-order chi connectivity index (χ0) is 14.3. The van der Waals surface area contributed by atoms with Gasteiger partial charge in [0.2, 0.25) is 0 Å². The van der Waals surface area contributed by atoms with E-state index in [2.05, 4.69) is 11.8 Å². The first-order chi connectivity index (χ1) is 9.10. The molecule has 19 heavy (non-hydrogen) atoms. The molecular weight excluding hydrogens is 276 g/mol. The van der Waals surface area contributed by atoms with Crippen LogP contribution in [0.1, 0.15) is 15.2 Å². The lowest BCUT2D eigenvalue weighted by atomic mass is 10.2. The number of halogens is 2. The fourth-order valence-corrected chi connectivity index (χ4v) is 2.23. The molecule has 4 nitrogen and oxygen atoms in total. The summed E-state index contributed by atoms with van der Waals surface area (Å²) < 4.78 is 24.8. The normalized spacial score (nSPS) is 10.2. The summed E-state index contributed by atoms with van der Waals surface area (Å²) in [7, 11) is 0. The van der Waals surface area contributed by atoms with Gasteiger partial charge in [0.05, 0.1) is 13.2 Å². The van der Waals surface area contributed by atoms with Gasteiger partial charge in [0, 0.05) is 12.1 Å². The van der Waals surface area contributed by atoms with Gasteiger partial charge in [0.25, 0.3) is 12.3 Å². The van der Waals surface area contributed by atoms with Gasteiger partial charge in [-0.05, 0) is 11.4 Å². The molecule has 1 heterocycles. The first kappa shape index (κ1) is 15.6. The Kier molecular flexibility index (Phi) is 6.42. The van der Waals surface area contributed by atoms with Crippen molar-refractivity contribution in [3.63, 3.8) is 0 Å². The number of carbonyl (C=O) groups is 1. The van der Waals surface area contributed by atoms with E-state index in [-0.39, 0.29) is 24.6 Å². The van der Waals surface area contributed by atoms with Crippen molar-refractivity contribution >= 4 is 17.2 Å². The SMILES string of the molecule is O=C(c1sccc1C#CCO)N(CCO)CC(F)F. The van der Waals surface area contributed by atoms with Crippen molar-refractivity contribution in [2.75, 3.05) is 26.3 Å². The highest BCUT2D eigenvalue weighted by molar-refractivity contribution is 7.12. The van der Waals surface area contributed by atoms with E-state index in [1.54, 1.807) is 11.4 Å². The highest BCUT2D eigenvalue weighted by Gasteiger charge is 2.22. The average molecular weight is 289 g/mol. The van der Waals surface area contributed by atoms with E-state index < -0.39 is 18.9 Å². The van der Waals surface area contributed by atoms with Gasteiger partial charge in [0.15, 0.2) is 0 Å². The number of hydrogen-bond donors (Lipinski definition) is 2. The minimum absolute atomic E-state index is 0.159. The summed E-state index contributed by atoms with van der Waals surface area (Å²) in [5.41, 5.74) is 0.390. The molecule has 0 fully saturated rings. The number of amides is 1. The maximum absolute atomic E-state index is 12.4. The molecule has 2 N–H and O–H groups in total. The van der Waals surface area contributed by atoms with Crippen LogP contribution in [0.2, 0.25) is 0 Å². The van der Waals surface area contributed by atoms with Gasteiger partial charge < -0.3 is 15.1 Å². The van der Waals surface area contributed by atoms with Crippen LogP contribution in [0, 0.1) is 11.8 Å². The van der Waals surface area contributed by atoms with Gasteiger partial charge in [-0.3, -0.25) is 4.79 Å². The molecule has 0 aliphatic heterocycles. The predicted molar refractivity (Wildman–Crippen MR) is 67.3 cm³/mol. The summed E-state index contributed by atoms with van der Waals surface area (Å²) in [4.78, 5) is 13.2. The fourth-order valence-electron chi connectivity index (χ4n) is 1.41. The number of aliphatic hydroxyl groups is 2. The minimum atomic E-state index is -2.66. The van der Waals surface area contributed by atoms with Gasteiger partial charge in [-0.2, -0.15) is 0 Å². The van der Waals surface area contributed by atoms with Gasteiger partial charge in [-0.25, -0.2) is 8.78 Å². The summed E-state index contributed by atoms with van der Waals surface area (Å²) >= 11 is 1.09. The summed E-state index contributed by atoms with van der Waals surface area (Å²) in [5, 5.41) is 19.0. The number of hydrogen-bond acceptors (Lipinski definition) is 4. The number of aliphatic hydroxyl groups excluding tert-OH is 2. The van der Waals surface area contributed by atoms with Crippen molar-refractivity contribution in [1.29, 1.82) is 0 Å². The van der Waals surface area contributed by atoms with E-state index in [0.717, 1.165) is 16.2 Å². The molecule has 0 spiro atoms. The summed E-state index contributed by atoms with van der Waals surface area (Å²) in [6.07, 6.45) is -2.66. The first-order valence-electron chi connectivity index (χ1n) is 5.45. The Labute approximate surface area is 113 Å². The highest BCUT2D eigenvalue weighted by atomic mass is 32.1. The zero-order valence-electron chi connectivity index (χ0n) is 9.97. The molecule has 7 heteroatoms. The molecule has 0 radical (unpaired) electrons. The Balaban J connectivity index is 2.93. The van der Waals surface area contributed by atoms with Gasteiger partial charge in [0.1, 0.15) is 11.5 Å². The molecule has 0 atom stereocenters. The Morgan fingerprint density at radius 1 is 1.47 bits per heavy atom. The molecule has 0 unspecified atom stereocenters. The van der Waals surface area contributed by atoms with Gasteiger partial charge >= 0.3 is 0 Å². The third-order valence-corrected chi connectivity index (χ3v) is 3.08. The minimum Gasteiger partial charge on any atom is -0.395 e. The molecule has 0 aliphatic carbocycles. The number of carbonyl (C=O) groups excluding carboxylic acids is 1. The molecule has 1 amide bonds. The van der Waals surface area contributed by atoms with E-state index in [0.29, 0.717) is 5.56 Å². The van der Waals surface area contributed by atoms with Gasteiger partial charge in [-0.15, -0.1) is 11.3 Å². The van der Waals surface area contributed by atoms with Crippen LogP contribution in [0.5, 0.6) is 0 Å². The molecular formula is C12H13F2NO3S. The molecule has 104 valence electrons. The van der Waals surface area contributed by atoms with Gasteiger partial charge in [-0.1, -0.05) is 11.8 Å². The second-order valence-electron chi connectivity index (χ2n) is 3.49. The van der Waals surface area contributed by atoms with Crippen molar-refractivity contribution < 1.29 is 23.8 Å². The van der Waals surface area contributed by atoms with E-state index in [1.807, 2.05) is 0 Å². The Bertz CT molecular complexity index is 479. The van der Waals surface area contributed by atoms with Crippen LogP contribution >= 0.6 is 11.3 Å². The molecule has 0 saturated carbocycles. The van der Waals surface area contributed by atoms with Crippen LogP contribution < -0.4 is 0 Å². The van der Waals surface area contributed by atoms with Crippen LogP contribution in [-0.2, 0) is 0 Å². The van der Waals surface area contributed by atoms with Crippen LogP contribution in [0.4, 0.5) is 8.78 Å². The van der Waals surface area contributed by atoms with E-state index in [9.17, 15) is 13.6 Å². The quantitative estimate of drug-likeness (QED) is 0.788. The van der Waals surface area contributed by atoms with Crippen molar-refractivity contribution in [1.82, 2.24) is 4.90 Å². The lowest BCUT2D eigenvalue weighted by Crippen LogP contribution is -2.37. The van der Waals surface area contributed by atoms with E-state index in [4.69, 9.17) is 10.2 Å². The van der Waals surface area contributed by atoms with Crippen molar-refractivity contribution in [2.24, 2.45) is 0 Å². The molecule has 0 aliphatic rings. The smallest absolute Gasteiger partial charge is 0.265 e. The van der Waals surface area contributed by atoms with Crippen LogP contribution in [0.15, 0.2) is 11.4 Å². The number of rotatable bonds is 5. The van der Waals surface area contributed by atoms with E-state index >= 15 is 0 Å². The third-order valence-electron chi connectivity index (χ3n) is 2.18. The second-order valence-corrected chi connectivity index (χ2v) is 4.41. The Morgan fingerprint density at radius 3 is 2.79 bits per heavy atom. The lowest BCUT2D eigenvalue weighted by molar-refractivity contribution is 0.0513. The topological polar surface area (TPSA) is 60.8 Å². The Morgan fingerprint density at radius 2 is 2.21 bits per heavy atom. The summed E-state index contributed by atoms with van der Waals surface area (Å²) in [6, 6.07) is 1.58. The van der Waals surface area contributed by atoms with E-state index in [1.165, 1.54) is 0 Å². The third kappa shape index (κ3) is 4.59. The monoisotopic (exact) mass is 289 g/mol. The number of thiophene rings is 1. The summed E-state index contributed by atoms with van der Waals surface area (Å²) in [5.74, 6) is 4.40. The molecule has 1 aromatic rings. The highest BCUT2D eigenvalue weighted by Crippen LogP contribution is 2.18. The zero-order valence-corrected chi connectivity index (χ0v) is 10.8. The standard InChI is InChI=1S/C12H13F2NO3S/c13-10(14)8-15(4-6-17)12(18)11-9(2-1-5-16)3-7-19-11/h3,7,10,16-17H,4-6,8H2. The number of alkyl halides is 2. The molecule has 0 aromatic carbocycles. The van der Waals surface area contributed by atoms with Crippen molar-refractivity contribution in [2.45, 2.75) is 6.43 Å². The maximum atomic E-state index is 12.4. The largest absolute Gasteiger partial charge is 0.395 e. The average Bonchev–Trinajstić information content (AvgIpc) is 2.82. The lowest BCUT2D eigenvalue weighted by Gasteiger charge is -2.20. The van der Waals surface area contributed by atoms with Crippen molar-refractivity contribution in [3.05, 3.63) is 21.9 Å². The first-order valence-corrected chi connectivity index (χ1v) is 6.33. The van der Waals surface area contributed by atoms with Crippen LogP contribution in [-0.4, -0.2) is 53.7 Å². The Hall–Kier alpha value is -1.49. The van der Waals surface area contributed by atoms with Crippen LogP contribution in [0.25, 0.3) is 0 Å². The molecule has 0 saturated heterocycles. The second kappa shape index (κ2) is 7.84. The number of nitrogens with zero attached hydrogens (tertiary/aromatic N) is 1.